The van der Waals surface area contributed by atoms with Crippen molar-refractivity contribution in [2.24, 2.45) is 5.92 Å². The van der Waals surface area contributed by atoms with E-state index in [1.807, 2.05) is 30.3 Å². The predicted molar refractivity (Wildman–Crippen MR) is 160 cm³/mol. The van der Waals surface area contributed by atoms with Crippen LogP contribution in [0.5, 0.6) is 0 Å². The number of ether oxygens (including phenoxy) is 1. The molecular weight excluding hydrogens is 562 g/mol. The minimum absolute atomic E-state index is 0. The number of fused-ring (bicyclic) bond motifs is 2. The van der Waals surface area contributed by atoms with Crippen LogP contribution in [0, 0.1) is 5.92 Å². The Kier molecular flexibility index (Phi) is 9.41. The normalized spacial score (nSPS) is 32.0. The summed E-state index contributed by atoms with van der Waals surface area (Å²) in [6, 6.07) is 11.2. The van der Waals surface area contributed by atoms with E-state index in [4.69, 9.17) is 4.74 Å². The number of nitrogens with one attached hydrogen (secondary N) is 1. The lowest BCUT2D eigenvalue weighted by atomic mass is 9.81. The van der Waals surface area contributed by atoms with E-state index in [-0.39, 0.29) is 79.6 Å². The molecule has 1 spiro atoms. The van der Waals surface area contributed by atoms with Crippen molar-refractivity contribution in [1.29, 1.82) is 0 Å². The first-order valence-corrected chi connectivity index (χ1v) is 15.8. The number of hydrogen-bond acceptors (Lipinski definition) is 4. The van der Waals surface area contributed by atoms with E-state index in [0.717, 1.165) is 63.8 Å². The Bertz CT molecular complexity index is 1080. The first-order chi connectivity index (χ1) is 19.7. The zero-order chi connectivity index (χ0) is 28.8. The minimum Gasteiger partial charge on any atom is -0.379 e. The Morgan fingerprint density at radius 2 is 1.69 bits per heavy atom. The topological polar surface area (TPSA) is 65.1 Å². The van der Waals surface area contributed by atoms with Crippen molar-refractivity contribution < 1.29 is 23.1 Å². The highest BCUT2D eigenvalue weighted by molar-refractivity contribution is 5.85. The van der Waals surface area contributed by atoms with Gasteiger partial charge in [-0.05, 0) is 70.8 Å². The lowest BCUT2D eigenvalue weighted by Crippen LogP contribution is -2.60. The van der Waals surface area contributed by atoms with E-state index in [9.17, 15) is 18.4 Å². The molecule has 234 valence electrons. The van der Waals surface area contributed by atoms with Gasteiger partial charge in [-0.25, -0.2) is 13.6 Å². The molecule has 3 amide bonds. The summed E-state index contributed by atoms with van der Waals surface area (Å²) in [4.78, 5) is 33.8. The van der Waals surface area contributed by atoms with Crippen LogP contribution in [0.15, 0.2) is 30.3 Å². The predicted octanol–water partition coefficient (Wildman–Crippen LogP) is 5.78. The first-order valence-electron chi connectivity index (χ1n) is 15.8. The molecule has 4 atom stereocenters. The second-order valence-electron chi connectivity index (χ2n) is 13.5. The fourth-order valence-corrected chi connectivity index (χ4v) is 8.61. The standard InChI is InChI=1S/C32H46F2N4O3.ClH/c1-22(2)38-30(40)37(27-13-17-41-20-27)21-31(38)18-25-8-9-26(19-31)36(25)16-12-28(23-6-4-3-5-7-23)35-29(39)24-10-14-32(33,34)15-11-24;/h3-7,22,24-28H,8-21H2,1-2H3,(H,35,39);1H/t25?,26?,27?,28-,31?;/m0./s1. The summed E-state index contributed by atoms with van der Waals surface area (Å²) < 4.78 is 33.1. The Labute approximate surface area is 255 Å². The molecule has 10 heteroatoms. The molecule has 5 aliphatic rings. The van der Waals surface area contributed by atoms with Gasteiger partial charge in [0.25, 0.3) is 0 Å². The number of piperidine rings is 1. The molecule has 1 aromatic rings. The van der Waals surface area contributed by atoms with Gasteiger partial charge < -0.3 is 19.9 Å². The van der Waals surface area contributed by atoms with Crippen LogP contribution in [0.25, 0.3) is 0 Å². The fraction of sp³-hybridized carbons (Fsp3) is 0.750. The third-order valence-corrected chi connectivity index (χ3v) is 10.6. The smallest absolute Gasteiger partial charge is 0.321 e. The summed E-state index contributed by atoms with van der Waals surface area (Å²) >= 11 is 0. The number of amides is 3. The monoisotopic (exact) mass is 608 g/mol. The van der Waals surface area contributed by atoms with Crippen molar-refractivity contribution in [2.45, 2.75) is 120 Å². The second kappa shape index (κ2) is 12.6. The number of nitrogens with zero attached hydrogens (tertiary/aromatic N) is 3. The van der Waals surface area contributed by atoms with Gasteiger partial charge in [0.2, 0.25) is 11.8 Å². The summed E-state index contributed by atoms with van der Waals surface area (Å²) in [7, 11) is 0. The number of carbonyl (C=O) groups excluding carboxylic acids is 2. The molecule has 0 radical (unpaired) electrons. The van der Waals surface area contributed by atoms with E-state index >= 15 is 0 Å². The van der Waals surface area contributed by atoms with Crippen LogP contribution in [-0.4, -0.2) is 88.6 Å². The van der Waals surface area contributed by atoms with E-state index in [1.54, 1.807) is 0 Å². The van der Waals surface area contributed by atoms with Gasteiger partial charge in [-0.3, -0.25) is 9.69 Å². The second-order valence-corrected chi connectivity index (χ2v) is 13.5. The molecular formula is C32H47ClF2N4O3. The van der Waals surface area contributed by atoms with Crippen LogP contribution in [0.4, 0.5) is 13.6 Å². The number of benzene rings is 1. The van der Waals surface area contributed by atoms with Gasteiger partial charge in [0, 0.05) is 56.6 Å². The van der Waals surface area contributed by atoms with Crippen LogP contribution >= 0.6 is 12.4 Å². The average Bonchev–Trinajstić information content (AvgIpc) is 3.63. The summed E-state index contributed by atoms with van der Waals surface area (Å²) in [5, 5.41) is 3.25. The molecule has 1 aliphatic carbocycles. The maximum Gasteiger partial charge on any atom is 0.321 e. The zero-order valence-corrected chi connectivity index (χ0v) is 25.8. The summed E-state index contributed by atoms with van der Waals surface area (Å²) in [6.45, 7) is 7.31. The number of urea groups is 1. The van der Waals surface area contributed by atoms with Gasteiger partial charge in [-0.15, -0.1) is 12.4 Å². The molecule has 5 fully saturated rings. The molecule has 0 aromatic heterocycles. The number of carbonyl (C=O) groups is 2. The van der Waals surface area contributed by atoms with E-state index in [2.05, 4.69) is 33.9 Å². The van der Waals surface area contributed by atoms with Gasteiger partial charge >= 0.3 is 6.03 Å². The molecule has 4 saturated heterocycles. The maximum absolute atomic E-state index is 13.7. The Morgan fingerprint density at radius 1 is 1.02 bits per heavy atom. The fourth-order valence-electron chi connectivity index (χ4n) is 8.61. The van der Waals surface area contributed by atoms with Crippen molar-refractivity contribution >= 4 is 24.3 Å². The molecule has 1 saturated carbocycles. The van der Waals surface area contributed by atoms with E-state index < -0.39 is 5.92 Å². The highest BCUT2D eigenvalue weighted by Crippen LogP contribution is 2.48. The van der Waals surface area contributed by atoms with Gasteiger partial charge in [-0.1, -0.05) is 30.3 Å². The van der Waals surface area contributed by atoms with Crippen molar-refractivity contribution in [3.8, 4) is 0 Å². The van der Waals surface area contributed by atoms with E-state index in [1.165, 1.54) is 0 Å². The summed E-state index contributed by atoms with van der Waals surface area (Å²) in [5.74, 6) is -3.08. The molecule has 1 N–H and O–H groups in total. The van der Waals surface area contributed by atoms with Crippen LogP contribution in [-0.2, 0) is 9.53 Å². The lowest BCUT2D eigenvalue weighted by molar-refractivity contribution is -0.130. The van der Waals surface area contributed by atoms with Crippen LogP contribution in [0.3, 0.4) is 0 Å². The van der Waals surface area contributed by atoms with Crippen molar-refractivity contribution in [2.75, 3.05) is 26.3 Å². The number of rotatable bonds is 8. The highest BCUT2D eigenvalue weighted by Gasteiger charge is 2.58. The number of halogens is 3. The molecule has 3 unspecified atom stereocenters. The van der Waals surface area contributed by atoms with Gasteiger partial charge in [0.05, 0.1) is 24.2 Å². The quantitative estimate of drug-likeness (QED) is 0.406. The molecule has 6 rings (SSSR count). The lowest BCUT2D eigenvalue weighted by Gasteiger charge is -2.49. The zero-order valence-electron chi connectivity index (χ0n) is 25.0. The minimum atomic E-state index is -2.64. The molecule has 1 aromatic carbocycles. The molecule has 4 heterocycles. The van der Waals surface area contributed by atoms with Gasteiger partial charge in [0.1, 0.15) is 0 Å². The molecule has 4 aliphatic heterocycles. The van der Waals surface area contributed by atoms with Crippen LogP contribution < -0.4 is 5.32 Å². The number of alkyl halides is 2. The van der Waals surface area contributed by atoms with Gasteiger partial charge in [-0.2, -0.15) is 0 Å². The Morgan fingerprint density at radius 3 is 2.29 bits per heavy atom. The van der Waals surface area contributed by atoms with Crippen molar-refractivity contribution in [3.05, 3.63) is 35.9 Å². The number of hydrogen-bond donors (Lipinski definition) is 1. The molecule has 42 heavy (non-hydrogen) atoms. The molecule has 2 bridgehead atoms. The summed E-state index contributed by atoms with van der Waals surface area (Å²) in [6.07, 6.45) is 6.01. The third kappa shape index (κ3) is 6.16. The third-order valence-electron chi connectivity index (χ3n) is 10.6. The first kappa shape index (κ1) is 31.5. The van der Waals surface area contributed by atoms with E-state index in [0.29, 0.717) is 18.7 Å². The van der Waals surface area contributed by atoms with Crippen molar-refractivity contribution in [1.82, 2.24) is 20.0 Å². The van der Waals surface area contributed by atoms with Crippen molar-refractivity contribution in [3.63, 3.8) is 0 Å². The maximum atomic E-state index is 13.7. The Hall–Kier alpha value is -1.97. The average molecular weight is 609 g/mol. The SMILES string of the molecule is CC(C)N1C(=O)N(C2CCOC2)CC12CC1CCC(C2)N1CC[C@H](NC(=O)C1CCC(F)(F)CC1)c1ccccc1.Cl. The molecule has 7 nitrogen and oxygen atoms in total. The summed E-state index contributed by atoms with van der Waals surface area (Å²) in [5.41, 5.74) is 0.927. The van der Waals surface area contributed by atoms with Gasteiger partial charge in [0.15, 0.2) is 0 Å². The highest BCUT2D eigenvalue weighted by atomic mass is 35.5. The van der Waals surface area contributed by atoms with Crippen LogP contribution in [0.2, 0.25) is 0 Å². The largest absolute Gasteiger partial charge is 0.379 e. The van der Waals surface area contributed by atoms with Crippen LogP contribution in [0.1, 0.15) is 89.7 Å². The Balaban J connectivity index is 0.00000353.